The van der Waals surface area contributed by atoms with Crippen molar-refractivity contribution in [3.05, 3.63) is 17.3 Å². The molecule has 0 amide bonds. The third-order valence-electron chi connectivity index (χ3n) is 2.28. The van der Waals surface area contributed by atoms with E-state index in [4.69, 9.17) is 10.5 Å². The normalized spacial score (nSPS) is 11.1. The van der Waals surface area contributed by atoms with E-state index in [1.807, 2.05) is 0 Å². The summed E-state index contributed by atoms with van der Waals surface area (Å²) in [5.74, 6) is -1.34. The minimum absolute atomic E-state index is 0.0286. The summed E-state index contributed by atoms with van der Waals surface area (Å²) in [6, 6.07) is 1.04. The van der Waals surface area contributed by atoms with Crippen LogP contribution in [-0.2, 0) is 22.5 Å². The molecule has 0 fully saturated rings. The lowest BCUT2D eigenvalue weighted by molar-refractivity contribution is -0.275. The van der Waals surface area contributed by atoms with Crippen LogP contribution in [0.2, 0.25) is 0 Å². The SMILES string of the molecule is COC(=O)Cc1nc(OC)c(CN)cc1OC(F)(F)F. The molecular weight excluding hydrogens is 281 g/mol. The van der Waals surface area contributed by atoms with Crippen molar-refractivity contribution in [2.24, 2.45) is 5.73 Å². The maximum Gasteiger partial charge on any atom is 0.573 e. The van der Waals surface area contributed by atoms with Crippen LogP contribution in [0.3, 0.4) is 0 Å². The van der Waals surface area contributed by atoms with Crippen LogP contribution in [0.5, 0.6) is 11.6 Å². The highest BCUT2D eigenvalue weighted by atomic mass is 19.4. The summed E-state index contributed by atoms with van der Waals surface area (Å²) in [6.45, 7) is -0.0944. The highest BCUT2D eigenvalue weighted by molar-refractivity contribution is 5.72. The van der Waals surface area contributed by atoms with Crippen molar-refractivity contribution in [1.29, 1.82) is 0 Å². The van der Waals surface area contributed by atoms with E-state index < -0.39 is 24.5 Å². The summed E-state index contributed by atoms with van der Waals surface area (Å²) in [6.07, 6.45) is -5.39. The summed E-state index contributed by atoms with van der Waals surface area (Å²) >= 11 is 0. The highest BCUT2D eigenvalue weighted by Gasteiger charge is 2.33. The lowest BCUT2D eigenvalue weighted by Gasteiger charge is -2.15. The molecule has 0 radical (unpaired) electrons. The lowest BCUT2D eigenvalue weighted by atomic mass is 10.2. The standard InChI is InChI=1S/C11H13F3N2O4/c1-18-9(17)4-7-8(20-11(12,13)14)3-6(5-15)10(16-7)19-2/h3H,4-5,15H2,1-2H3. The van der Waals surface area contributed by atoms with Crippen molar-refractivity contribution in [3.63, 3.8) is 0 Å². The number of hydrogen-bond acceptors (Lipinski definition) is 6. The quantitative estimate of drug-likeness (QED) is 0.820. The maximum atomic E-state index is 12.3. The molecule has 2 N–H and O–H groups in total. The first kappa shape index (κ1) is 16.0. The Bertz CT molecular complexity index is 491. The largest absolute Gasteiger partial charge is 0.573 e. The molecule has 0 aromatic carbocycles. The fourth-order valence-corrected chi connectivity index (χ4v) is 1.42. The molecule has 1 aromatic heterocycles. The van der Waals surface area contributed by atoms with Gasteiger partial charge in [0.25, 0.3) is 0 Å². The van der Waals surface area contributed by atoms with Crippen LogP contribution < -0.4 is 15.2 Å². The van der Waals surface area contributed by atoms with E-state index in [-0.39, 0.29) is 23.7 Å². The molecule has 0 aliphatic carbocycles. The van der Waals surface area contributed by atoms with Crippen LogP contribution in [-0.4, -0.2) is 31.5 Å². The van der Waals surface area contributed by atoms with Crippen LogP contribution >= 0.6 is 0 Å². The van der Waals surface area contributed by atoms with E-state index in [1.54, 1.807) is 0 Å². The molecule has 0 aliphatic rings. The van der Waals surface area contributed by atoms with E-state index in [2.05, 4.69) is 14.5 Å². The molecule has 112 valence electrons. The number of ether oxygens (including phenoxy) is 3. The first-order valence-electron chi connectivity index (χ1n) is 5.40. The Kier molecular flexibility index (Phi) is 5.14. The zero-order chi connectivity index (χ0) is 15.3. The first-order chi connectivity index (χ1) is 9.30. The van der Waals surface area contributed by atoms with Gasteiger partial charge in [-0.1, -0.05) is 0 Å². The average molecular weight is 294 g/mol. The van der Waals surface area contributed by atoms with Gasteiger partial charge in [0, 0.05) is 12.1 Å². The van der Waals surface area contributed by atoms with Crippen molar-refractivity contribution in [2.45, 2.75) is 19.3 Å². The van der Waals surface area contributed by atoms with Crippen molar-refractivity contribution in [2.75, 3.05) is 14.2 Å². The zero-order valence-corrected chi connectivity index (χ0v) is 10.8. The molecule has 0 atom stereocenters. The van der Waals surface area contributed by atoms with Crippen LogP contribution in [0.1, 0.15) is 11.3 Å². The number of hydrogen-bond donors (Lipinski definition) is 1. The van der Waals surface area contributed by atoms with Crippen molar-refractivity contribution in [1.82, 2.24) is 4.98 Å². The van der Waals surface area contributed by atoms with Gasteiger partial charge in [-0.15, -0.1) is 13.2 Å². The number of methoxy groups -OCH3 is 2. The fourth-order valence-electron chi connectivity index (χ4n) is 1.42. The van der Waals surface area contributed by atoms with Gasteiger partial charge in [0.05, 0.1) is 26.3 Å². The van der Waals surface area contributed by atoms with Crippen LogP contribution in [0, 0.1) is 0 Å². The van der Waals surface area contributed by atoms with E-state index >= 15 is 0 Å². The van der Waals surface area contributed by atoms with Gasteiger partial charge in [0.2, 0.25) is 5.88 Å². The van der Waals surface area contributed by atoms with Crippen LogP contribution in [0.4, 0.5) is 13.2 Å². The van der Waals surface area contributed by atoms with Gasteiger partial charge in [-0.2, -0.15) is 0 Å². The average Bonchev–Trinajstić information content (AvgIpc) is 2.38. The number of esters is 1. The Morgan fingerprint density at radius 2 is 2.05 bits per heavy atom. The second-order valence-corrected chi connectivity index (χ2v) is 3.61. The summed E-state index contributed by atoms with van der Waals surface area (Å²) in [4.78, 5) is 15.0. The second-order valence-electron chi connectivity index (χ2n) is 3.61. The Labute approximate surface area is 112 Å². The number of carbonyl (C=O) groups is 1. The zero-order valence-electron chi connectivity index (χ0n) is 10.8. The predicted octanol–water partition coefficient (Wildman–Crippen LogP) is 1.16. The number of nitrogens with two attached hydrogens (primary N) is 1. The third-order valence-corrected chi connectivity index (χ3v) is 2.28. The number of carbonyl (C=O) groups excluding carboxylic acids is 1. The van der Waals surface area contributed by atoms with E-state index in [0.29, 0.717) is 0 Å². The molecule has 6 nitrogen and oxygen atoms in total. The summed E-state index contributed by atoms with van der Waals surface area (Å²) < 4.78 is 50.1. The molecule has 0 spiro atoms. The number of rotatable bonds is 5. The molecule has 9 heteroatoms. The first-order valence-corrected chi connectivity index (χ1v) is 5.40. The van der Waals surface area contributed by atoms with Gasteiger partial charge in [0.15, 0.2) is 5.75 Å². The van der Waals surface area contributed by atoms with E-state index in [9.17, 15) is 18.0 Å². The van der Waals surface area contributed by atoms with Crippen molar-refractivity contribution in [3.8, 4) is 11.6 Å². The molecule has 20 heavy (non-hydrogen) atoms. The van der Waals surface area contributed by atoms with Gasteiger partial charge in [-0.05, 0) is 6.07 Å². The molecule has 0 unspecified atom stereocenters. The van der Waals surface area contributed by atoms with E-state index in [1.165, 1.54) is 7.11 Å². The number of pyridine rings is 1. The smallest absolute Gasteiger partial charge is 0.481 e. The molecule has 0 aliphatic heterocycles. The minimum atomic E-state index is -4.91. The number of halogens is 3. The minimum Gasteiger partial charge on any atom is -0.481 e. The monoisotopic (exact) mass is 294 g/mol. The molecule has 1 aromatic rings. The number of alkyl halides is 3. The summed E-state index contributed by atoms with van der Waals surface area (Å²) in [7, 11) is 2.39. The topological polar surface area (TPSA) is 83.7 Å². The van der Waals surface area contributed by atoms with Crippen molar-refractivity contribution >= 4 is 5.97 Å². The number of nitrogens with zero attached hydrogens (tertiary/aromatic N) is 1. The molecule has 1 heterocycles. The van der Waals surface area contributed by atoms with Crippen LogP contribution in [0.25, 0.3) is 0 Å². The van der Waals surface area contributed by atoms with Gasteiger partial charge in [0.1, 0.15) is 0 Å². The van der Waals surface area contributed by atoms with Gasteiger partial charge >= 0.3 is 12.3 Å². The van der Waals surface area contributed by atoms with E-state index in [0.717, 1.165) is 13.2 Å². The molecule has 0 bridgehead atoms. The Balaban J connectivity index is 3.25. The molecular formula is C11H13F3N2O4. The fraction of sp³-hybridized carbons (Fsp3) is 0.455. The molecule has 1 rings (SSSR count). The maximum absolute atomic E-state index is 12.3. The predicted molar refractivity (Wildman–Crippen MR) is 61.1 cm³/mol. The Hall–Kier alpha value is -2.03. The number of aromatic nitrogens is 1. The molecule has 0 saturated heterocycles. The Morgan fingerprint density at radius 1 is 1.40 bits per heavy atom. The lowest BCUT2D eigenvalue weighted by Crippen LogP contribution is -2.20. The third kappa shape index (κ3) is 4.26. The van der Waals surface area contributed by atoms with Gasteiger partial charge in [-0.25, -0.2) is 4.98 Å². The summed E-state index contributed by atoms with van der Waals surface area (Å²) in [5.41, 5.74) is 5.36. The second kappa shape index (κ2) is 6.42. The van der Waals surface area contributed by atoms with Crippen LogP contribution in [0.15, 0.2) is 6.07 Å². The van der Waals surface area contributed by atoms with Crippen molar-refractivity contribution < 1.29 is 32.2 Å². The Morgan fingerprint density at radius 3 is 2.50 bits per heavy atom. The molecule has 0 saturated carbocycles. The van der Waals surface area contributed by atoms with Gasteiger partial charge in [-0.3, -0.25) is 4.79 Å². The highest BCUT2D eigenvalue weighted by Crippen LogP contribution is 2.30. The van der Waals surface area contributed by atoms with Gasteiger partial charge < -0.3 is 19.9 Å². The summed E-state index contributed by atoms with van der Waals surface area (Å²) in [5, 5.41) is 0.